The largest absolute Gasteiger partial charge is 0.443 e. The van der Waals surface area contributed by atoms with Crippen LogP contribution in [-0.4, -0.2) is 18.6 Å². The van der Waals surface area contributed by atoms with Crippen LogP contribution in [0.2, 0.25) is 0 Å². The van der Waals surface area contributed by atoms with Crippen molar-refractivity contribution in [2.75, 3.05) is 13.6 Å². The van der Waals surface area contributed by atoms with Crippen molar-refractivity contribution in [3.63, 3.8) is 0 Å². The Morgan fingerprint density at radius 3 is 2.94 bits per heavy atom. The van der Waals surface area contributed by atoms with E-state index in [1.54, 1.807) is 0 Å². The molecule has 86 valence electrons. The molecular weight excluding hydrogens is 200 g/mol. The Morgan fingerprint density at radius 1 is 1.38 bits per heavy atom. The summed E-state index contributed by atoms with van der Waals surface area (Å²) in [5, 5.41) is 3.22. The average molecular weight is 218 g/mol. The molecule has 1 heterocycles. The predicted octanol–water partition coefficient (Wildman–Crippen LogP) is 2.62. The summed E-state index contributed by atoms with van der Waals surface area (Å²) >= 11 is 0. The fourth-order valence-corrected chi connectivity index (χ4v) is 2.10. The first kappa shape index (κ1) is 11.1. The Kier molecular flexibility index (Phi) is 2.97. The minimum atomic E-state index is 0.252. The topological polar surface area (TPSA) is 38.1 Å². The smallest absolute Gasteiger partial charge is 0.181 e. The van der Waals surface area contributed by atoms with Gasteiger partial charge in [-0.15, -0.1) is 0 Å². The van der Waals surface area contributed by atoms with E-state index < -0.39 is 0 Å². The molecule has 2 rings (SSSR count). The summed E-state index contributed by atoms with van der Waals surface area (Å²) in [7, 11) is 1.99. The summed E-state index contributed by atoms with van der Waals surface area (Å²) in [6.07, 6.45) is 2.53. The van der Waals surface area contributed by atoms with Gasteiger partial charge >= 0.3 is 0 Å². The molecule has 0 bridgehead atoms. The molecule has 2 aromatic rings. The predicted molar refractivity (Wildman–Crippen MR) is 65.4 cm³/mol. The van der Waals surface area contributed by atoms with Crippen LogP contribution in [-0.2, 0) is 6.42 Å². The van der Waals surface area contributed by atoms with Crippen LogP contribution in [0.25, 0.3) is 11.1 Å². The molecule has 0 atom stereocenters. The van der Waals surface area contributed by atoms with Crippen molar-refractivity contribution in [2.45, 2.75) is 20.3 Å². The zero-order valence-electron chi connectivity index (χ0n) is 10.1. The second kappa shape index (κ2) is 4.26. The third-order valence-corrected chi connectivity index (χ3v) is 2.73. The molecule has 1 aromatic carbocycles. The van der Waals surface area contributed by atoms with Crippen molar-refractivity contribution in [2.24, 2.45) is 5.41 Å². The normalized spacial score (nSPS) is 12.2. The van der Waals surface area contributed by atoms with Gasteiger partial charge in [0, 0.05) is 6.54 Å². The number of fused-ring (bicyclic) bond motifs is 1. The maximum atomic E-state index is 5.31. The second-order valence-corrected chi connectivity index (χ2v) is 5.03. The highest BCUT2D eigenvalue weighted by Crippen LogP contribution is 2.23. The van der Waals surface area contributed by atoms with Gasteiger partial charge in [0.05, 0.1) is 0 Å². The Hall–Kier alpha value is -1.35. The van der Waals surface area contributed by atoms with E-state index in [2.05, 4.69) is 36.3 Å². The number of nitrogens with one attached hydrogen (secondary N) is 1. The first-order valence-corrected chi connectivity index (χ1v) is 5.57. The SMILES string of the molecule is CNCC(C)(C)Cc1ccc2ncoc2c1. The number of aromatic nitrogens is 1. The first-order valence-electron chi connectivity index (χ1n) is 5.57. The van der Waals surface area contributed by atoms with Gasteiger partial charge in [-0.3, -0.25) is 0 Å². The zero-order chi connectivity index (χ0) is 11.6. The molecule has 0 aliphatic heterocycles. The Balaban J connectivity index is 2.20. The Morgan fingerprint density at radius 2 is 2.19 bits per heavy atom. The van der Waals surface area contributed by atoms with Gasteiger partial charge in [0.25, 0.3) is 0 Å². The maximum absolute atomic E-state index is 5.31. The highest BCUT2D eigenvalue weighted by Gasteiger charge is 2.17. The van der Waals surface area contributed by atoms with Gasteiger partial charge in [-0.05, 0) is 36.6 Å². The molecule has 0 aliphatic rings. The van der Waals surface area contributed by atoms with Crippen molar-refractivity contribution in [1.29, 1.82) is 0 Å². The lowest BCUT2D eigenvalue weighted by Crippen LogP contribution is -2.28. The van der Waals surface area contributed by atoms with Crippen molar-refractivity contribution >= 4 is 11.1 Å². The monoisotopic (exact) mass is 218 g/mol. The highest BCUT2D eigenvalue weighted by atomic mass is 16.3. The van der Waals surface area contributed by atoms with Gasteiger partial charge in [0.1, 0.15) is 5.52 Å². The van der Waals surface area contributed by atoms with E-state index >= 15 is 0 Å². The molecule has 0 radical (unpaired) electrons. The van der Waals surface area contributed by atoms with E-state index in [1.165, 1.54) is 12.0 Å². The number of rotatable bonds is 4. The molecule has 16 heavy (non-hydrogen) atoms. The molecule has 3 heteroatoms. The van der Waals surface area contributed by atoms with Crippen LogP contribution in [0.4, 0.5) is 0 Å². The third kappa shape index (κ3) is 2.42. The summed E-state index contributed by atoms with van der Waals surface area (Å²) in [6.45, 7) is 5.52. The lowest BCUT2D eigenvalue weighted by atomic mass is 9.85. The van der Waals surface area contributed by atoms with Crippen LogP contribution in [0.3, 0.4) is 0 Å². The molecule has 1 aromatic heterocycles. The lowest BCUT2D eigenvalue weighted by molar-refractivity contribution is 0.350. The van der Waals surface area contributed by atoms with Gasteiger partial charge in [-0.1, -0.05) is 19.9 Å². The highest BCUT2D eigenvalue weighted by molar-refractivity contribution is 5.72. The fourth-order valence-electron chi connectivity index (χ4n) is 2.10. The molecule has 0 unspecified atom stereocenters. The van der Waals surface area contributed by atoms with Crippen molar-refractivity contribution in [3.05, 3.63) is 30.2 Å². The summed E-state index contributed by atoms with van der Waals surface area (Å²) < 4.78 is 5.31. The van der Waals surface area contributed by atoms with Crippen LogP contribution in [0.5, 0.6) is 0 Å². The Bertz CT molecular complexity index is 473. The van der Waals surface area contributed by atoms with E-state index in [9.17, 15) is 0 Å². The minimum absolute atomic E-state index is 0.252. The van der Waals surface area contributed by atoms with Gasteiger partial charge in [0.15, 0.2) is 12.0 Å². The molecule has 0 aliphatic carbocycles. The number of nitrogens with zero attached hydrogens (tertiary/aromatic N) is 1. The van der Waals surface area contributed by atoms with E-state index in [0.29, 0.717) is 0 Å². The van der Waals surface area contributed by atoms with Gasteiger partial charge in [0.2, 0.25) is 0 Å². The van der Waals surface area contributed by atoms with Crippen LogP contribution < -0.4 is 5.32 Å². The van der Waals surface area contributed by atoms with Crippen molar-refractivity contribution < 1.29 is 4.42 Å². The zero-order valence-corrected chi connectivity index (χ0v) is 10.1. The molecule has 0 saturated heterocycles. The minimum Gasteiger partial charge on any atom is -0.443 e. The van der Waals surface area contributed by atoms with Crippen molar-refractivity contribution in [1.82, 2.24) is 10.3 Å². The number of oxazole rings is 1. The number of hydrogen-bond acceptors (Lipinski definition) is 3. The van der Waals surface area contributed by atoms with E-state index in [-0.39, 0.29) is 5.41 Å². The Labute approximate surface area is 95.9 Å². The first-order chi connectivity index (χ1) is 7.61. The van der Waals surface area contributed by atoms with Crippen LogP contribution in [0.15, 0.2) is 29.0 Å². The van der Waals surface area contributed by atoms with Gasteiger partial charge < -0.3 is 9.73 Å². The molecule has 1 N–H and O–H groups in total. The average Bonchev–Trinajstić information content (AvgIpc) is 2.63. The number of benzene rings is 1. The summed E-state index contributed by atoms with van der Waals surface area (Å²) in [5.41, 5.74) is 3.35. The van der Waals surface area contributed by atoms with E-state index in [0.717, 1.165) is 24.1 Å². The maximum Gasteiger partial charge on any atom is 0.181 e. The lowest BCUT2D eigenvalue weighted by Gasteiger charge is -2.24. The molecule has 0 amide bonds. The standard InChI is InChI=1S/C13H18N2O/c1-13(2,8-14-3)7-10-4-5-11-12(6-10)16-9-15-11/h4-6,9,14H,7-8H2,1-3H3. The molecule has 3 nitrogen and oxygen atoms in total. The summed E-state index contributed by atoms with van der Waals surface area (Å²) in [5.74, 6) is 0. The van der Waals surface area contributed by atoms with Crippen LogP contribution in [0.1, 0.15) is 19.4 Å². The van der Waals surface area contributed by atoms with Crippen molar-refractivity contribution in [3.8, 4) is 0 Å². The molecular formula is C13H18N2O. The third-order valence-electron chi connectivity index (χ3n) is 2.73. The molecule has 0 fully saturated rings. The molecule has 0 spiro atoms. The second-order valence-electron chi connectivity index (χ2n) is 5.03. The summed E-state index contributed by atoms with van der Waals surface area (Å²) in [6, 6.07) is 6.23. The number of hydrogen-bond donors (Lipinski definition) is 1. The summed E-state index contributed by atoms with van der Waals surface area (Å²) in [4.78, 5) is 4.11. The van der Waals surface area contributed by atoms with E-state index in [4.69, 9.17) is 4.42 Å². The quantitative estimate of drug-likeness (QED) is 0.857. The molecule has 0 saturated carbocycles. The fraction of sp³-hybridized carbons (Fsp3) is 0.462. The van der Waals surface area contributed by atoms with Gasteiger partial charge in [-0.2, -0.15) is 0 Å². The van der Waals surface area contributed by atoms with Crippen LogP contribution >= 0.6 is 0 Å². The van der Waals surface area contributed by atoms with Crippen LogP contribution in [0, 0.1) is 5.41 Å². The van der Waals surface area contributed by atoms with Gasteiger partial charge in [-0.25, -0.2) is 4.98 Å². The van der Waals surface area contributed by atoms with E-state index in [1.807, 2.05) is 13.1 Å².